The van der Waals surface area contributed by atoms with E-state index in [4.69, 9.17) is 17.0 Å². The molecule has 3 nitrogen and oxygen atoms in total. The number of rotatable bonds is 12. The molecule has 1 N–H and O–H groups in total. The fourth-order valence-corrected chi connectivity index (χ4v) is 4.99. The summed E-state index contributed by atoms with van der Waals surface area (Å²) in [4.78, 5) is 28.3. The molecule has 0 spiro atoms. The van der Waals surface area contributed by atoms with Gasteiger partial charge in [0.05, 0.1) is 5.71 Å². The Kier molecular flexibility index (Phi) is 10.6. The SMILES string of the molecule is C=C/C(=C\C=C/C)C(=O)c1ccc(Sc2ccc(C(=O)C(=N)CCSc3ccc(Cl)cc3)cc2)cc1. The third kappa shape index (κ3) is 7.95. The van der Waals surface area contributed by atoms with Crippen molar-refractivity contribution in [1.29, 1.82) is 5.41 Å². The Hall–Kier alpha value is -3.12. The first-order valence-electron chi connectivity index (χ1n) is 11.3. The zero-order valence-electron chi connectivity index (χ0n) is 19.9. The normalized spacial score (nSPS) is 11.4. The van der Waals surface area contributed by atoms with Gasteiger partial charge in [-0.2, -0.15) is 0 Å². The van der Waals surface area contributed by atoms with Crippen LogP contribution in [0.1, 0.15) is 34.1 Å². The van der Waals surface area contributed by atoms with Gasteiger partial charge >= 0.3 is 0 Å². The van der Waals surface area contributed by atoms with Gasteiger partial charge in [0, 0.05) is 48.6 Å². The third-order valence-electron chi connectivity index (χ3n) is 5.13. The Morgan fingerprint density at radius 1 is 0.861 bits per heavy atom. The first-order valence-corrected chi connectivity index (χ1v) is 13.5. The van der Waals surface area contributed by atoms with Crippen LogP contribution < -0.4 is 0 Å². The zero-order valence-corrected chi connectivity index (χ0v) is 22.3. The summed E-state index contributed by atoms with van der Waals surface area (Å²) in [6.45, 7) is 5.62. The fourth-order valence-electron chi connectivity index (χ4n) is 3.18. The second-order valence-electron chi connectivity index (χ2n) is 7.69. The molecule has 182 valence electrons. The molecule has 0 aromatic heterocycles. The molecule has 0 atom stereocenters. The minimum Gasteiger partial charge on any atom is -0.301 e. The van der Waals surface area contributed by atoms with Crippen LogP contribution in [0.2, 0.25) is 5.02 Å². The van der Waals surface area contributed by atoms with Crippen molar-refractivity contribution in [2.75, 3.05) is 5.75 Å². The van der Waals surface area contributed by atoms with Gasteiger partial charge in [-0.3, -0.25) is 9.59 Å². The van der Waals surface area contributed by atoms with Crippen molar-refractivity contribution in [1.82, 2.24) is 0 Å². The summed E-state index contributed by atoms with van der Waals surface area (Å²) >= 11 is 9.04. The lowest BCUT2D eigenvalue weighted by atomic mass is 10.0. The van der Waals surface area contributed by atoms with Crippen LogP contribution in [-0.2, 0) is 0 Å². The number of hydrogen-bond donors (Lipinski definition) is 1. The van der Waals surface area contributed by atoms with Crippen LogP contribution in [0.15, 0.2) is 124 Å². The molecule has 0 heterocycles. The maximum atomic E-state index is 12.6. The lowest BCUT2D eigenvalue weighted by Gasteiger charge is -2.07. The van der Waals surface area contributed by atoms with Crippen molar-refractivity contribution >= 4 is 52.4 Å². The van der Waals surface area contributed by atoms with E-state index in [0.717, 1.165) is 14.7 Å². The predicted molar refractivity (Wildman–Crippen MR) is 153 cm³/mol. The van der Waals surface area contributed by atoms with Gasteiger partial charge in [-0.05, 0) is 79.7 Å². The van der Waals surface area contributed by atoms with E-state index in [2.05, 4.69) is 6.58 Å². The van der Waals surface area contributed by atoms with Gasteiger partial charge in [0.1, 0.15) is 0 Å². The van der Waals surface area contributed by atoms with E-state index in [1.54, 1.807) is 59.9 Å². The topological polar surface area (TPSA) is 58.0 Å². The highest BCUT2D eigenvalue weighted by Crippen LogP contribution is 2.29. The number of carbonyl (C=O) groups excluding carboxylic acids is 2. The number of allylic oxidation sites excluding steroid dienone is 5. The third-order valence-corrected chi connectivity index (χ3v) is 7.41. The number of halogens is 1. The Morgan fingerprint density at radius 3 is 1.92 bits per heavy atom. The van der Waals surface area contributed by atoms with Crippen molar-refractivity contribution in [3.63, 3.8) is 0 Å². The smallest absolute Gasteiger partial charge is 0.206 e. The molecule has 0 unspecified atom stereocenters. The highest BCUT2D eigenvalue weighted by molar-refractivity contribution is 7.99. The van der Waals surface area contributed by atoms with Gasteiger partial charge < -0.3 is 5.41 Å². The molecule has 0 fully saturated rings. The van der Waals surface area contributed by atoms with Crippen molar-refractivity contribution in [3.8, 4) is 0 Å². The van der Waals surface area contributed by atoms with Crippen LogP contribution in [0.5, 0.6) is 0 Å². The summed E-state index contributed by atoms with van der Waals surface area (Å²) in [6.07, 6.45) is 7.38. The Bertz CT molecular complexity index is 1290. The first kappa shape index (κ1) is 27.5. The highest BCUT2D eigenvalue weighted by Gasteiger charge is 2.13. The Balaban J connectivity index is 1.55. The predicted octanol–water partition coefficient (Wildman–Crippen LogP) is 8.75. The number of carbonyl (C=O) groups is 2. The number of nitrogens with one attached hydrogen (secondary N) is 1. The largest absolute Gasteiger partial charge is 0.301 e. The van der Waals surface area contributed by atoms with E-state index in [1.807, 2.05) is 67.6 Å². The summed E-state index contributed by atoms with van der Waals surface area (Å²) in [5, 5.41) is 8.86. The van der Waals surface area contributed by atoms with Crippen LogP contribution >= 0.6 is 35.1 Å². The standard InChI is InChI=1S/C30H26ClNO2S2/c1-3-5-6-21(4-2)29(33)22-7-13-26(14-8-22)36-27-15-9-23(10-16-27)30(34)28(32)19-20-35-25-17-11-24(31)12-18-25/h3-18,32H,2,19-20H2,1H3/b5-3-,21-6+,32-28?. The van der Waals surface area contributed by atoms with Crippen molar-refractivity contribution in [2.24, 2.45) is 0 Å². The average Bonchev–Trinajstić information content (AvgIpc) is 2.90. The molecule has 0 aliphatic carbocycles. The zero-order chi connectivity index (χ0) is 25.9. The van der Waals surface area contributed by atoms with Crippen molar-refractivity contribution in [3.05, 3.63) is 125 Å². The molecule has 0 amide bonds. The van der Waals surface area contributed by atoms with Gasteiger partial charge in [0.25, 0.3) is 0 Å². The minimum atomic E-state index is -0.255. The number of benzene rings is 3. The van der Waals surface area contributed by atoms with Crippen LogP contribution in [0.25, 0.3) is 0 Å². The van der Waals surface area contributed by atoms with Gasteiger partial charge in [-0.25, -0.2) is 0 Å². The monoisotopic (exact) mass is 531 g/mol. The second-order valence-corrected chi connectivity index (χ2v) is 10.4. The van der Waals surface area contributed by atoms with Gasteiger partial charge in [0.2, 0.25) is 5.78 Å². The van der Waals surface area contributed by atoms with E-state index in [1.165, 1.54) is 0 Å². The van der Waals surface area contributed by atoms with E-state index in [0.29, 0.717) is 33.9 Å². The van der Waals surface area contributed by atoms with E-state index < -0.39 is 0 Å². The van der Waals surface area contributed by atoms with Crippen LogP contribution in [0.4, 0.5) is 0 Å². The molecule has 3 aromatic carbocycles. The molecular weight excluding hydrogens is 506 g/mol. The molecule has 6 heteroatoms. The highest BCUT2D eigenvalue weighted by atomic mass is 35.5. The molecule has 0 radical (unpaired) electrons. The lowest BCUT2D eigenvalue weighted by molar-refractivity contribution is 0.103. The second kappa shape index (κ2) is 13.8. The molecule has 0 saturated heterocycles. The van der Waals surface area contributed by atoms with E-state index in [-0.39, 0.29) is 17.3 Å². The summed E-state index contributed by atoms with van der Waals surface area (Å²) in [5.41, 5.74) is 1.75. The molecule has 36 heavy (non-hydrogen) atoms. The van der Waals surface area contributed by atoms with Gasteiger partial charge in [-0.15, -0.1) is 11.8 Å². The maximum absolute atomic E-state index is 12.6. The molecule has 0 bridgehead atoms. The number of thioether (sulfide) groups is 1. The molecular formula is C30H26ClNO2S2. The lowest BCUT2D eigenvalue weighted by Crippen LogP contribution is -2.13. The minimum absolute atomic E-state index is 0.0727. The summed E-state index contributed by atoms with van der Waals surface area (Å²) in [6, 6.07) is 22.2. The van der Waals surface area contributed by atoms with E-state index in [9.17, 15) is 9.59 Å². The quantitative estimate of drug-likeness (QED) is 0.0834. The number of ketones is 2. The Labute approximate surface area is 225 Å². The fraction of sp³-hybridized carbons (Fsp3) is 0.100. The van der Waals surface area contributed by atoms with Gasteiger partial charge in [0.15, 0.2) is 5.78 Å². The summed E-state index contributed by atoms with van der Waals surface area (Å²) < 4.78 is 0. The average molecular weight is 532 g/mol. The van der Waals surface area contributed by atoms with Crippen molar-refractivity contribution in [2.45, 2.75) is 28.0 Å². The molecule has 0 saturated carbocycles. The Morgan fingerprint density at radius 2 is 1.39 bits per heavy atom. The van der Waals surface area contributed by atoms with Gasteiger partial charge in [-0.1, -0.05) is 54.2 Å². The maximum Gasteiger partial charge on any atom is 0.206 e. The molecule has 0 aliphatic heterocycles. The molecule has 3 aromatic rings. The summed E-state index contributed by atoms with van der Waals surface area (Å²) in [7, 11) is 0. The van der Waals surface area contributed by atoms with Crippen LogP contribution in [-0.4, -0.2) is 23.0 Å². The molecule has 3 rings (SSSR count). The van der Waals surface area contributed by atoms with Crippen LogP contribution in [0, 0.1) is 5.41 Å². The summed E-state index contributed by atoms with van der Waals surface area (Å²) in [5.74, 6) is 0.324. The van der Waals surface area contributed by atoms with Crippen LogP contribution in [0.3, 0.4) is 0 Å². The number of Topliss-reactive ketones (excluding diaryl/α,β-unsaturated/α-hetero) is 2. The molecule has 0 aliphatic rings. The first-order chi connectivity index (χ1) is 17.4. The number of hydrogen-bond acceptors (Lipinski definition) is 5. The van der Waals surface area contributed by atoms with E-state index >= 15 is 0 Å². The van der Waals surface area contributed by atoms with Crippen molar-refractivity contribution < 1.29 is 9.59 Å².